The number of benzene rings is 1. The number of alkyl halides is 3. The van der Waals surface area contributed by atoms with Crippen LogP contribution in [0.5, 0.6) is 0 Å². The van der Waals surface area contributed by atoms with Crippen molar-refractivity contribution in [3.05, 3.63) is 53.5 Å². The first kappa shape index (κ1) is 20.1. The number of thiophene rings is 1. The first-order valence-corrected chi connectivity index (χ1v) is 10.1. The van der Waals surface area contributed by atoms with Gasteiger partial charge in [-0.1, -0.05) is 18.2 Å². The van der Waals surface area contributed by atoms with Crippen LogP contribution in [-0.2, 0) is 6.18 Å². The molecule has 0 aliphatic carbocycles. The van der Waals surface area contributed by atoms with Crippen LogP contribution in [0.1, 0.15) is 5.56 Å². The van der Waals surface area contributed by atoms with Gasteiger partial charge in [0, 0.05) is 37.9 Å². The van der Waals surface area contributed by atoms with Crippen LogP contribution in [0.3, 0.4) is 0 Å². The quantitative estimate of drug-likeness (QED) is 0.607. The Morgan fingerprint density at radius 1 is 1.23 bits per heavy atom. The third kappa shape index (κ3) is 4.38. The molecule has 0 bridgehead atoms. The van der Waals surface area contributed by atoms with Gasteiger partial charge in [0.1, 0.15) is 0 Å². The molecule has 1 fully saturated rings. The highest BCUT2D eigenvalue weighted by molar-refractivity contribution is 7.13. The molecule has 2 aromatic heterocycles. The molecule has 0 saturated carbocycles. The number of nitrogens with one attached hydrogen (secondary N) is 2. The standard InChI is InChI=1S/C20H18F3N5OS/c21-20(22,23)14-4-1-3-13(11-14)15-12-26-18(27-17(15)16-5-2-10-30-16)24-6-8-28-9-7-25-19(28)29/h1-5,10-12H,6-9H2,(H,25,29)(H,24,26,27). The van der Waals surface area contributed by atoms with Crippen LogP contribution >= 0.6 is 11.3 Å². The molecule has 0 unspecified atom stereocenters. The summed E-state index contributed by atoms with van der Waals surface area (Å²) in [5.74, 6) is 0.355. The van der Waals surface area contributed by atoms with Gasteiger partial charge < -0.3 is 15.5 Å². The van der Waals surface area contributed by atoms with Gasteiger partial charge in [-0.3, -0.25) is 0 Å². The minimum absolute atomic E-state index is 0.100. The van der Waals surface area contributed by atoms with E-state index in [4.69, 9.17) is 0 Å². The highest BCUT2D eigenvalue weighted by Gasteiger charge is 2.30. The van der Waals surface area contributed by atoms with Crippen molar-refractivity contribution in [3.63, 3.8) is 0 Å². The Morgan fingerprint density at radius 3 is 2.80 bits per heavy atom. The second-order valence-electron chi connectivity index (χ2n) is 6.66. The van der Waals surface area contributed by atoms with Gasteiger partial charge in [-0.15, -0.1) is 11.3 Å². The van der Waals surface area contributed by atoms with E-state index >= 15 is 0 Å². The van der Waals surface area contributed by atoms with Gasteiger partial charge in [0.15, 0.2) is 0 Å². The summed E-state index contributed by atoms with van der Waals surface area (Å²) in [4.78, 5) is 23.0. The van der Waals surface area contributed by atoms with Gasteiger partial charge in [-0.2, -0.15) is 13.2 Å². The number of carbonyl (C=O) groups excluding carboxylic acids is 1. The van der Waals surface area contributed by atoms with E-state index in [9.17, 15) is 18.0 Å². The maximum absolute atomic E-state index is 13.1. The van der Waals surface area contributed by atoms with E-state index in [2.05, 4.69) is 20.6 Å². The van der Waals surface area contributed by atoms with Gasteiger partial charge in [0.2, 0.25) is 5.95 Å². The van der Waals surface area contributed by atoms with Crippen LogP contribution in [0.25, 0.3) is 21.7 Å². The lowest BCUT2D eigenvalue weighted by molar-refractivity contribution is -0.137. The Hall–Kier alpha value is -3.14. The zero-order chi connectivity index (χ0) is 21.1. The molecule has 2 amide bonds. The summed E-state index contributed by atoms with van der Waals surface area (Å²) < 4.78 is 39.4. The smallest absolute Gasteiger partial charge is 0.352 e. The number of amides is 2. The van der Waals surface area contributed by atoms with Crippen LogP contribution in [0.2, 0.25) is 0 Å². The number of anilines is 1. The molecule has 0 radical (unpaired) electrons. The molecule has 1 aliphatic heterocycles. The lowest BCUT2D eigenvalue weighted by Gasteiger charge is -2.15. The molecule has 1 aromatic carbocycles. The highest BCUT2D eigenvalue weighted by atomic mass is 32.1. The molecule has 2 N–H and O–H groups in total. The Morgan fingerprint density at radius 2 is 2.10 bits per heavy atom. The molecule has 0 atom stereocenters. The fourth-order valence-corrected chi connectivity index (χ4v) is 3.90. The van der Waals surface area contributed by atoms with E-state index in [1.165, 1.54) is 23.6 Å². The molecule has 3 aromatic rings. The summed E-state index contributed by atoms with van der Waals surface area (Å²) in [6.07, 6.45) is -2.90. The largest absolute Gasteiger partial charge is 0.416 e. The Kier molecular flexibility index (Phi) is 5.58. The average molecular weight is 433 g/mol. The second-order valence-corrected chi connectivity index (χ2v) is 7.61. The van der Waals surface area contributed by atoms with E-state index < -0.39 is 11.7 Å². The number of aromatic nitrogens is 2. The zero-order valence-electron chi connectivity index (χ0n) is 15.7. The third-order valence-electron chi connectivity index (χ3n) is 4.65. The molecule has 30 heavy (non-hydrogen) atoms. The maximum Gasteiger partial charge on any atom is 0.416 e. The van der Waals surface area contributed by atoms with Crippen molar-refractivity contribution < 1.29 is 18.0 Å². The summed E-state index contributed by atoms with van der Waals surface area (Å²) in [7, 11) is 0. The molecule has 4 rings (SSSR count). The van der Waals surface area contributed by atoms with Crippen molar-refractivity contribution in [2.75, 3.05) is 31.5 Å². The fourth-order valence-electron chi connectivity index (χ4n) is 3.17. The summed E-state index contributed by atoms with van der Waals surface area (Å²) in [6, 6.07) is 8.76. The fraction of sp³-hybridized carbons (Fsp3) is 0.250. The summed E-state index contributed by atoms with van der Waals surface area (Å²) in [5.41, 5.74) is 0.755. The molecule has 1 saturated heterocycles. The van der Waals surface area contributed by atoms with Crippen LogP contribution in [0.15, 0.2) is 48.0 Å². The minimum Gasteiger partial charge on any atom is -0.352 e. The number of rotatable bonds is 6. The molecule has 156 valence electrons. The molecular formula is C20H18F3N5OS. The van der Waals surface area contributed by atoms with Crippen molar-refractivity contribution in [1.29, 1.82) is 0 Å². The lowest BCUT2D eigenvalue weighted by Crippen LogP contribution is -2.32. The molecule has 3 heterocycles. The van der Waals surface area contributed by atoms with Crippen molar-refractivity contribution in [1.82, 2.24) is 20.2 Å². The summed E-state index contributed by atoms with van der Waals surface area (Å²) in [5, 5.41) is 7.71. The molecule has 1 aliphatic rings. The number of nitrogens with zero attached hydrogens (tertiary/aromatic N) is 3. The Balaban J connectivity index is 1.61. The average Bonchev–Trinajstić information content (AvgIpc) is 3.40. The number of urea groups is 1. The Labute approximate surface area is 174 Å². The van der Waals surface area contributed by atoms with Crippen molar-refractivity contribution in [2.24, 2.45) is 0 Å². The van der Waals surface area contributed by atoms with E-state index in [0.717, 1.165) is 17.0 Å². The van der Waals surface area contributed by atoms with Gasteiger partial charge in [-0.25, -0.2) is 14.8 Å². The SMILES string of the molecule is O=C1NCCN1CCNc1ncc(-c2cccc(C(F)(F)F)c2)c(-c2cccs2)n1. The monoisotopic (exact) mass is 433 g/mol. The number of carbonyl (C=O) groups is 1. The number of hydrogen-bond acceptors (Lipinski definition) is 5. The zero-order valence-corrected chi connectivity index (χ0v) is 16.6. The Bertz CT molecular complexity index is 1040. The lowest BCUT2D eigenvalue weighted by atomic mass is 10.0. The van der Waals surface area contributed by atoms with Crippen molar-refractivity contribution >= 4 is 23.3 Å². The summed E-state index contributed by atoms with van der Waals surface area (Å²) in [6.45, 7) is 2.24. The van der Waals surface area contributed by atoms with E-state index in [1.807, 2.05) is 17.5 Å². The number of halogens is 3. The van der Waals surface area contributed by atoms with Crippen LogP contribution < -0.4 is 10.6 Å². The van der Waals surface area contributed by atoms with E-state index in [-0.39, 0.29) is 6.03 Å². The third-order valence-corrected chi connectivity index (χ3v) is 5.53. The minimum atomic E-state index is -4.43. The van der Waals surface area contributed by atoms with Gasteiger partial charge in [0.05, 0.1) is 16.1 Å². The molecular weight excluding hydrogens is 415 g/mol. The summed E-state index contributed by atoms with van der Waals surface area (Å²) >= 11 is 1.45. The molecule has 6 nitrogen and oxygen atoms in total. The second kappa shape index (κ2) is 8.31. The van der Waals surface area contributed by atoms with Crippen molar-refractivity contribution in [2.45, 2.75) is 6.18 Å². The predicted octanol–water partition coefficient (Wildman–Crippen LogP) is 4.33. The van der Waals surface area contributed by atoms with Gasteiger partial charge in [0.25, 0.3) is 0 Å². The van der Waals surface area contributed by atoms with Gasteiger partial charge in [-0.05, 0) is 29.1 Å². The van der Waals surface area contributed by atoms with Crippen LogP contribution in [0.4, 0.5) is 23.9 Å². The maximum atomic E-state index is 13.1. The number of hydrogen-bond donors (Lipinski definition) is 2. The first-order chi connectivity index (χ1) is 14.4. The molecule has 0 spiro atoms. The van der Waals surface area contributed by atoms with Crippen LogP contribution in [0, 0.1) is 0 Å². The van der Waals surface area contributed by atoms with Crippen LogP contribution in [-0.4, -0.2) is 47.1 Å². The predicted molar refractivity (Wildman–Crippen MR) is 109 cm³/mol. The van der Waals surface area contributed by atoms with E-state index in [0.29, 0.717) is 48.9 Å². The van der Waals surface area contributed by atoms with Gasteiger partial charge >= 0.3 is 12.2 Å². The first-order valence-electron chi connectivity index (χ1n) is 9.27. The topological polar surface area (TPSA) is 70.2 Å². The molecule has 10 heteroatoms. The van der Waals surface area contributed by atoms with Crippen molar-refractivity contribution in [3.8, 4) is 21.7 Å². The normalized spacial score (nSPS) is 14.1. The van der Waals surface area contributed by atoms with E-state index in [1.54, 1.807) is 11.0 Å². The highest BCUT2D eigenvalue weighted by Crippen LogP contribution is 2.36.